The summed E-state index contributed by atoms with van der Waals surface area (Å²) in [4.78, 5) is 31.2. The molecular formula is C30H30N4O3. The van der Waals surface area contributed by atoms with Crippen molar-refractivity contribution in [2.75, 3.05) is 36.5 Å². The van der Waals surface area contributed by atoms with Crippen molar-refractivity contribution in [1.29, 1.82) is 0 Å². The van der Waals surface area contributed by atoms with Crippen LogP contribution in [0.5, 0.6) is 0 Å². The second kappa shape index (κ2) is 9.41. The number of benzene rings is 3. The molecule has 0 aliphatic carbocycles. The Morgan fingerprint density at radius 3 is 2.43 bits per heavy atom. The van der Waals surface area contributed by atoms with Crippen molar-refractivity contribution in [3.05, 3.63) is 95.7 Å². The minimum Gasteiger partial charge on any atom is -0.378 e. The van der Waals surface area contributed by atoms with Gasteiger partial charge in [-0.3, -0.25) is 9.59 Å². The average molecular weight is 495 g/mol. The van der Waals surface area contributed by atoms with Crippen molar-refractivity contribution in [2.45, 2.75) is 19.0 Å². The Kier molecular flexibility index (Phi) is 5.93. The molecule has 1 N–H and O–H groups in total. The summed E-state index contributed by atoms with van der Waals surface area (Å²) in [6, 6.07) is 22.7. The molecule has 2 atom stereocenters. The zero-order valence-corrected chi connectivity index (χ0v) is 21.1. The van der Waals surface area contributed by atoms with Crippen molar-refractivity contribution in [3.8, 4) is 0 Å². The largest absolute Gasteiger partial charge is 0.378 e. The predicted molar refractivity (Wildman–Crippen MR) is 145 cm³/mol. The molecule has 0 bridgehead atoms. The summed E-state index contributed by atoms with van der Waals surface area (Å²) in [6.45, 7) is 4.96. The van der Waals surface area contributed by atoms with Gasteiger partial charge in [0, 0.05) is 59.7 Å². The molecule has 2 amide bonds. The van der Waals surface area contributed by atoms with Gasteiger partial charge in [0.2, 0.25) is 5.91 Å². The lowest BCUT2D eigenvalue weighted by atomic mass is 9.97. The van der Waals surface area contributed by atoms with E-state index < -0.39 is 6.04 Å². The number of aromatic nitrogens is 1. The van der Waals surface area contributed by atoms with Gasteiger partial charge in [0.15, 0.2) is 0 Å². The minimum absolute atomic E-state index is 0.126. The average Bonchev–Trinajstić information content (AvgIpc) is 3.43. The lowest BCUT2D eigenvalue weighted by molar-refractivity contribution is -0.120. The van der Waals surface area contributed by atoms with Crippen LogP contribution in [0.2, 0.25) is 0 Å². The predicted octanol–water partition coefficient (Wildman–Crippen LogP) is 4.59. The van der Waals surface area contributed by atoms with E-state index in [4.69, 9.17) is 4.74 Å². The van der Waals surface area contributed by atoms with Crippen LogP contribution in [0.15, 0.2) is 79.0 Å². The number of amides is 2. The van der Waals surface area contributed by atoms with Gasteiger partial charge in [0.1, 0.15) is 6.04 Å². The SMILES string of the molecule is CC(C(=O)Nc1ccc(N2CCOCC2)cc1)N1C(=O)c2ccccc2C1c1cn(C)c2ccccc12. The monoisotopic (exact) mass is 494 g/mol. The fourth-order valence-electron chi connectivity index (χ4n) is 5.59. The third-order valence-corrected chi connectivity index (χ3v) is 7.53. The number of morpholine rings is 1. The van der Waals surface area contributed by atoms with Crippen LogP contribution in [0.25, 0.3) is 10.9 Å². The fraction of sp³-hybridized carbons (Fsp3) is 0.267. The smallest absolute Gasteiger partial charge is 0.255 e. The van der Waals surface area contributed by atoms with Crippen LogP contribution >= 0.6 is 0 Å². The molecule has 4 aromatic rings. The van der Waals surface area contributed by atoms with E-state index in [2.05, 4.69) is 33.1 Å². The maximum Gasteiger partial charge on any atom is 0.255 e. The number of carbonyl (C=O) groups excluding carboxylic acids is 2. The summed E-state index contributed by atoms with van der Waals surface area (Å²) in [5, 5.41) is 4.11. The van der Waals surface area contributed by atoms with Gasteiger partial charge in [0.05, 0.1) is 19.3 Å². The molecule has 3 aromatic carbocycles. The van der Waals surface area contributed by atoms with Crippen LogP contribution in [0, 0.1) is 0 Å². The first-order valence-corrected chi connectivity index (χ1v) is 12.7. The first-order valence-electron chi connectivity index (χ1n) is 12.7. The molecule has 0 radical (unpaired) electrons. The molecule has 0 saturated carbocycles. The van der Waals surface area contributed by atoms with Gasteiger partial charge in [-0.25, -0.2) is 0 Å². The summed E-state index contributed by atoms with van der Waals surface area (Å²) in [6.07, 6.45) is 2.08. The van der Waals surface area contributed by atoms with Crippen molar-refractivity contribution in [2.24, 2.45) is 7.05 Å². The molecular weight excluding hydrogens is 464 g/mol. The van der Waals surface area contributed by atoms with E-state index >= 15 is 0 Å². The van der Waals surface area contributed by atoms with Gasteiger partial charge in [-0.1, -0.05) is 36.4 Å². The zero-order chi connectivity index (χ0) is 25.5. The summed E-state index contributed by atoms with van der Waals surface area (Å²) in [5.74, 6) is -0.343. The number of para-hydroxylation sites is 1. The number of nitrogens with zero attached hydrogens (tertiary/aromatic N) is 3. The third-order valence-electron chi connectivity index (χ3n) is 7.53. The molecule has 0 spiro atoms. The molecule has 37 heavy (non-hydrogen) atoms. The van der Waals surface area contributed by atoms with Crippen molar-refractivity contribution in [1.82, 2.24) is 9.47 Å². The molecule has 2 aliphatic rings. The second-order valence-electron chi connectivity index (χ2n) is 9.73. The number of rotatable bonds is 5. The lowest BCUT2D eigenvalue weighted by Crippen LogP contribution is -2.44. The molecule has 7 heteroatoms. The van der Waals surface area contributed by atoms with Crippen LogP contribution in [-0.2, 0) is 16.6 Å². The summed E-state index contributed by atoms with van der Waals surface area (Å²) in [7, 11) is 2.01. The van der Waals surface area contributed by atoms with E-state index in [0.717, 1.165) is 54.0 Å². The highest BCUT2D eigenvalue weighted by atomic mass is 16.5. The van der Waals surface area contributed by atoms with Crippen LogP contribution in [0.4, 0.5) is 11.4 Å². The zero-order valence-electron chi connectivity index (χ0n) is 21.1. The molecule has 1 aromatic heterocycles. The highest BCUT2D eigenvalue weighted by Gasteiger charge is 2.43. The highest BCUT2D eigenvalue weighted by Crippen LogP contribution is 2.42. The van der Waals surface area contributed by atoms with Crippen LogP contribution in [0.3, 0.4) is 0 Å². The van der Waals surface area contributed by atoms with E-state index in [9.17, 15) is 9.59 Å². The van der Waals surface area contributed by atoms with Gasteiger partial charge in [-0.05, 0) is 48.9 Å². The highest BCUT2D eigenvalue weighted by molar-refractivity contribution is 6.05. The number of hydrogen-bond acceptors (Lipinski definition) is 4. The number of fused-ring (bicyclic) bond motifs is 2. The molecule has 7 nitrogen and oxygen atoms in total. The van der Waals surface area contributed by atoms with E-state index in [1.165, 1.54) is 0 Å². The third kappa shape index (κ3) is 4.05. The molecule has 3 heterocycles. The van der Waals surface area contributed by atoms with Crippen LogP contribution in [-0.4, -0.2) is 53.6 Å². The Morgan fingerprint density at radius 1 is 0.946 bits per heavy atom. The summed E-state index contributed by atoms with van der Waals surface area (Å²) < 4.78 is 7.52. The van der Waals surface area contributed by atoms with E-state index in [1.54, 1.807) is 11.8 Å². The number of hydrogen-bond donors (Lipinski definition) is 1. The first kappa shape index (κ1) is 23.3. The number of anilines is 2. The maximum atomic E-state index is 13.7. The topological polar surface area (TPSA) is 66.8 Å². The van der Waals surface area contributed by atoms with Crippen molar-refractivity contribution in [3.63, 3.8) is 0 Å². The number of aryl methyl sites for hydroxylation is 1. The standard InChI is InChI=1S/C30H30N4O3/c1-20(29(35)31-21-11-13-22(14-12-21)33-15-17-37-18-16-33)34-28(24-8-3-4-9-25(24)30(34)36)26-19-32(2)27-10-6-5-7-23(26)27/h3-14,19-20,28H,15-18H2,1-2H3,(H,31,35). The second-order valence-corrected chi connectivity index (χ2v) is 9.73. The Bertz CT molecular complexity index is 1470. The Balaban J connectivity index is 1.29. The molecule has 2 aliphatic heterocycles. The quantitative estimate of drug-likeness (QED) is 0.441. The van der Waals surface area contributed by atoms with Gasteiger partial charge >= 0.3 is 0 Å². The molecule has 6 rings (SSSR count). The lowest BCUT2D eigenvalue weighted by Gasteiger charge is -2.31. The Hall–Kier alpha value is -4.10. The van der Waals surface area contributed by atoms with Crippen LogP contribution in [0.1, 0.15) is 34.5 Å². The van der Waals surface area contributed by atoms with Gasteiger partial charge in [0.25, 0.3) is 5.91 Å². The molecule has 2 unspecified atom stereocenters. The van der Waals surface area contributed by atoms with E-state index in [-0.39, 0.29) is 17.9 Å². The number of carbonyl (C=O) groups is 2. The van der Waals surface area contributed by atoms with Gasteiger partial charge in [-0.2, -0.15) is 0 Å². The van der Waals surface area contributed by atoms with E-state index in [1.807, 2.05) is 67.7 Å². The number of nitrogens with one attached hydrogen (secondary N) is 1. The van der Waals surface area contributed by atoms with Crippen molar-refractivity contribution < 1.29 is 14.3 Å². The summed E-state index contributed by atoms with van der Waals surface area (Å²) >= 11 is 0. The van der Waals surface area contributed by atoms with E-state index in [0.29, 0.717) is 11.3 Å². The van der Waals surface area contributed by atoms with Crippen molar-refractivity contribution >= 4 is 34.1 Å². The number of ether oxygens (including phenoxy) is 1. The normalized spacial score (nSPS) is 18.2. The molecule has 1 saturated heterocycles. The van der Waals surface area contributed by atoms with Gasteiger partial charge in [-0.15, -0.1) is 0 Å². The molecule has 1 fully saturated rings. The minimum atomic E-state index is -0.678. The fourth-order valence-corrected chi connectivity index (χ4v) is 5.59. The Morgan fingerprint density at radius 2 is 1.65 bits per heavy atom. The summed E-state index contributed by atoms with van der Waals surface area (Å²) in [5.41, 5.74) is 5.50. The maximum absolute atomic E-state index is 13.7. The molecule has 188 valence electrons. The first-order chi connectivity index (χ1) is 18.0. The van der Waals surface area contributed by atoms with Crippen LogP contribution < -0.4 is 10.2 Å². The van der Waals surface area contributed by atoms with Gasteiger partial charge < -0.3 is 24.4 Å². The Labute approximate surface area is 216 Å².